The zero-order valence-corrected chi connectivity index (χ0v) is 13.8. The summed E-state index contributed by atoms with van der Waals surface area (Å²) in [5, 5.41) is 24.9. The third kappa shape index (κ3) is 4.14. The molecule has 128 valence electrons. The minimum atomic E-state index is -0.294. The van der Waals surface area contributed by atoms with Gasteiger partial charge in [0, 0.05) is 24.3 Å². The summed E-state index contributed by atoms with van der Waals surface area (Å²) >= 11 is 0. The lowest BCUT2D eigenvalue weighted by Crippen LogP contribution is -2.24. The number of aliphatic hydroxyl groups excluding tert-OH is 1. The summed E-state index contributed by atoms with van der Waals surface area (Å²) in [5.74, 6) is 0.387. The molecule has 6 nitrogen and oxygen atoms in total. The first-order chi connectivity index (χ1) is 12.2. The van der Waals surface area contributed by atoms with Crippen LogP contribution in [-0.2, 0) is 0 Å². The van der Waals surface area contributed by atoms with Crippen LogP contribution in [0.25, 0.3) is 0 Å². The van der Waals surface area contributed by atoms with Crippen LogP contribution in [-0.4, -0.2) is 28.6 Å². The number of carbonyl (C=O) groups is 1. The zero-order valence-electron chi connectivity index (χ0n) is 13.8. The van der Waals surface area contributed by atoms with Gasteiger partial charge in [0.15, 0.2) is 0 Å². The second kappa shape index (κ2) is 7.77. The molecular weight excluding hydrogens is 316 g/mol. The predicted octanol–water partition coefficient (Wildman–Crippen LogP) is 2.78. The smallest absolute Gasteiger partial charge is 0.259 e. The molecule has 1 saturated carbocycles. The van der Waals surface area contributed by atoms with Gasteiger partial charge in [-0.25, -0.2) is 4.98 Å². The lowest BCUT2D eigenvalue weighted by molar-refractivity contribution is 0.102. The standard InChI is InChI=1S/C19H20N4O2/c20-11-13-4-1-6-15(10-13)23-19(25)16-7-3-9-21-18(16)22-12-14-5-2-8-17(14)24/h1,3-4,6-7,9-10,14,17,24H,2,5,8,12H2,(H,21,22)(H,23,25). The molecule has 0 aliphatic heterocycles. The number of benzene rings is 1. The highest BCUT2D eigenvalue weighted by Gasteiger charge is 2.25. The van der Waals surface area contributed by atoms with Crippen LogP contribution in [0, 0.1) is 17.2 Å². The molecule has 0 spiro atoms. The van der Waals surface area contributed by atoms with Crippen molar-refractivity contribution in [3.8, 4) is 6.07 Å². The maximum Gasteiger partial charge on any atom is 0.259 e. The van der Waals surface area contributed by atoms with Crippen molar-refractivity contribution in [1.29, 1.82) is 5.26 Å². The van der Waals surface area contributed by atoms with E-state index < -0.39 is 0 Å². The fourth-order valence-electron chi connectivity index (χ4n) is 3.08. The first-order valence-corrected chi connectivity index (χ1v) is 8.36. The van der Waals surface area contributed by atoms with Crippen molar-refractivity contribution in [1.82, 2.24) is 4.98 Å². The highest BCUT2D eigenvalue weighted by Crippen LogP contribution is 2.26. The average molecular weight is 336 g/mol. The second-order valence-corrected chi connectivity index (χ2v) is 6.19. The van der Waals surface area contributed by atoms with Crippen LogP contribution in [0.4, 0.5) is 11.5 Å². The number of aliphatic hydroxyl groups is 1. The van der Waals surface area contributed by atoms with Gasteiger partial charge in [-0.05, 0) is 43.2 Å². The first-order valence-electron chi connectivity index (χ1n) is 8.36. The van der Waals surface area contributed by atoms with E-state index in [1.54, 1.807) is 42.6 Å². The van der Waals surface area contributed by atoms with E-state index in [4.69, 9.17) is 5.26 Å². The fraction of sp³-hybridized carbons (Fsp3) is 0.316. The Labute approximate surface area is 146 Å². The maximum atomic E-state index is 12.6. The number of nitrogens with one attached hydrogen (secondary N) is 2. The highest BCUT2D eigenvalue weighted by atomic mass is 16.3. The van der Waals surface area contributed by atoms with Crippen LogP contribution in [0.1, 0.15) is 35.2 Å². The molecule has 0 bridgehead atoms. The molecule has 2 unspecified atom stereocenters. The third-order valence-electron chi connectivity index (χ3n) is 4.45. The largest absolute Gasteiger partial charge is 0.393 e. The van der Waals surface area contributed by atoms with E-state index >= 15 is 0 Å². The molecule has 3 rings (SSSR count). The molecule has 1 amide bonds. The Balaban J connectivity index is 1.71. The lowest BCUT2D eigenvalue weighted by atomic mass is 10.1. The molecule has 6 heteroatoms. The lowest BCUT2D eigenvalue weighted by Gasteiger charge is -2.17. The Hall–Kier alpha value is -2.91. The van der Waals surface area contributed by atoms with Crippen molar-refractivity contribution in [2.75, 3.05) is 17.2 Å². The summed E-state index contributed by atoms with van der Waals surface area (Å²) in [6.07, 6.45) is 4.17. The SMILES string of the molecule is N#Cc1cccc(NC(=O)c2cccnc2NCC2CCCC2O)c1. The minimum Gasteiger partial charge on any atom is -0.393 e. The van der Waals surface area contributed by atoms with Crippen molar-refractivity contribution in [2.45, 2.75) is 25.4 Å². The van der Waals surface area contributed by atoms with Gasteiger partial charge in [-0.15, -0.1) is 0 Å². The molecule has 0 radical (unpaired) electrons. The Morgan fingerprint density at radius 3 is 2.96 bits per heavy atom. The molecule has 25 heavy (non-hydrogen) atoms. The summed E-state index contributed by atoms with van der Waals surface area (Å²) in [5.41, 5.74) is 1.47. The number of pyridine rings is 1. The number of hydrogen-bond acceptors (Lipinski definition) is 5. The molecule has 2 atom stereocenters. The van der Waals surface area contributed by atoms with Crippen LogP contribution < -0.4 is 10.6 Å². The number of aromatic nitrogens is 1. The van der Waals surface area contributed by atoms with Gasteiger partial charge in [-0.1, -0.05) is 12.5 Å². The normalized spacial score (nSPS) is 19.2. The van der Waals surface area contributed by atoms with E-state index in [-0.39, 0.29) is 17.9 Å². The van der Waals surface area contributed by atoms with Gasteiger partial charge in [0.25, 0.3) is 5.91 Å². The van der Waals surface area contributed by atoms with Gasteiger partial charge in [-0.2, -0.15) is 5.26 Å². The molecule has 2 aromatic rings. The van der Waals surface area contributed by atoms with E-state index in [2.05, 4.69) is 15.6 Å². The number of rotatable bonds is 5. The molecule has 3 N–H and O–H groups in total. The zero-order chi connectivity index (χ0) is 17.6. The topological polar surface area (TPSA) is 98.0 Å². The number of carbonyl (C=O) groups excluding carboxylic acids is 1. The Bertz CT molecular complexity index is 800. The van der Waals surface area contributed by atoms with Gasteiger partial charge in [-0.3, -0.25) is 4.79 Å². The molecular formula is C19H20N4O2. The van der Waals surface area contributed by atoms with E-state index in [0.29, 0.717) is 29.2 Å². The Kier molecular flexibility index (Phi) is 5.26. The van der Waals surface area contributed by atoms with Gasteiger partial charge in [0.05, 0.1) is 23.3 Å². The fourth-order valence-corrected chi connectivity index (χ4v) is 3.08. The van der Waals surface area contributed by atoms with Crippen LogP contribution >= 0.6 is 0 Å². The summed E-state index contributed by atoms with van der Waals surface area (Å²) in [6.45, 7) is 0.586. The second-order valence-electron chi connectivity index (χ2n) is 6.19. The molecule has 1 aliphatic carbocycles. The van der Waals surface area contributed by atoms with E-state index in [1.165, 1.54) is 0 Å². The number of anilines is 2. The summed E-state index contributed by atoms with van der Waals surface area (Å²) in [7, 11) is 0. The van der Waals surface area contributed by atoms with Crippen molar-refractivity contribution in [3.05, 3.63) is 53.7 Å². The van der Waals surface area contributed by atoms with E-state index in [1.807, 2.05) is 6.07 Å². The summed E-state index contributed by atoms with van der Waals surface area (Å²) < 4.78 is 0. The van der Waals surface area contributed by atoms with Crippen LogP contribution in [0.15, 0.2) is 42.6 Å². The highest BCUT2D eigenvalue weighted by molar-refractivity contribution is 6.07. The molecule has 1 heterocycles. The van der Waals surface area contributed by atoms with E-state index in [0.717, 1.165) is 19.3 Å². The minimum absolute atomic E-state index is 0.185. The molecule has 1 aliphatic rings. The van der Waals surface area contributed by atoms with Crippen LogP contribution in [0.2, 0.25) is 0 Å². The molecule has 0 saturated heterocycles. The monoisotopic (exact) mass is 336 g/mol. The van der Waals surface area contributed by atoms with Gasteiger partial charge >= 0.3 is 0 Å². The Morgan fingerprint density at radius 2 is 2.20 bits per heavy atom. The first kappa shape index (κ1) is 16.9. The average Bonchev–Trinajstić information content (AvgIpc) is 3.05. The number of nitriles is 1. The maximum absolute atomic E-state index is 12.6. The molecule has 1 aromatic carbocycles. The van der Waals surface area contributed by atoms with Crippen molar-refractivity contribution >= 4 is 17.4 Å². The summed E-state index contributed by atoms with van der Waals surface area (Å²) in [4.78, 5) is 16.8. The van der Waals surface area contributed by atoms with Crippen LogP contribution in [0.5, 0.6) is 0 Å². The number of nitrogens with zero attached hydrogens (tertiary/aromatic N) is 2. The quantitative estimate of drug-likeness (QED) is 0.780. The summed E-state index contributed by atoms with van der Waals surface area (Å²) in [6, 6.07) is 12.2. The van der Waals surface area contributed by atoms with Gasteiger partial charge < -0.3 is 15.7 Å². The Morgan fingerprint density at radius 1 is 1.32 bits per heavy atom. The van der Waals surface area contributed by atoms with Crippen molar-refractivity contribution in [3.63, 3.8) is 0 Å². The number of amides is 1. The molecule has 1 aromatic heterocycles. The van der Waals surface area contributed by atoms with E-state index in [9.17, 15) is 9.90 Å². The van der Waals surface area contributed by atoms with Crippen molar-refractivity contribution in [2.24, 2.45) is 5.92 Å². The van der Waals surface area contributed by atoms with Gasteiger partial charge in [0.2, 0.25) is 0 Å². The predicted molar refractivity (Wildman–Crippen MR) is 95.2 cm³/mol. The van der Waals surface area contributed by atoms with Gasteiger partial charge in [0.1, 0.15) is 5.82 Å². The van der Waals surface area contributed by atoms with Crippen LogP contribution in [0.3, 0.4) is 0 Å². The third-order valence-corrected chi connectivity index (χ3v) is 4.45. The number of hydrogen-bond donors (Lipinski definition) is 3. The van der Waals surface area contributed by atoms with Crippen molar-refractivity contribution < 1.29 is 9.90 Å². The molecule has 1 fully saturated rings.